The van der Waals surface area contributed by atoms with Gasteiger partial charge in [-0.1, -0.05) is 96.4 Å². The standard InChI is InChI=1S/C37H42ClN3O5S/c1-6-28(4)39-37(43)34(22-29-12-8-7-9-13-29)40(24-30-14-10-11-27(3)21-30)36(42)25-41(33-23-31(38)17-20-35(33)46-5)47(44,45)32-18-15-26(2)16-19-32/h7-21,23,28,34H,6,22,24-25H2,1-5H3,(H,39,43)/t28-,34+/m1/s1. The molecule has 0 spiro atoms. The number of nitrogens with one attached hydrogen (secondary N) is 1. The summed E-state index contributed by atoms with van der Waals surface area (Å²) in [6.07, 6.45) is 0.929. The van der Waals surface area contributed by atoms with Crippen LogP contribution in [0.2, 0.25) is 5.02 Å². The highest BCUT2D eigenvalue weighted by atomic mass is 35.5. The number of carbonyl (C=O) groups is 2. The Labute approximate surface area is 283 Å². The van der Waals surface area contributed by atoms with Crippen LogP contribution in [0.4, 0.5) is 5.69 Å². The predicted octanol–water partition coefficient (Wildman–Crippen LogP) is 6.72. The van der Waals surface area contributed by atoms with Crippen molar-refractivity contribution in [3.8, 4) is 5.75 Å². The lowest BCUT2D eigenvalue weighted by atomic mass is 10.0. The molecule has 2 atom stereocenters. The third kappa shape index (κ3) is 9.14. The molecule has 1 N–H and O–H groups in total. The number of hydrogen-bond donors (Lipinski definition) is 1. The molecule has 0 aliphatic carbocycles. The Balaban J connectivity index is 1.86. The molecule has 0 aliphatic heterocycles. The molecule has 4 aromatic carbocycles. The fourth-order valence-corrected chi connectivity index (χ4v) is 6.79. The van der Waals surface area contributed by atoms with E-state index in [9.17, 15) is 18.0 Å². The first-order valence-electron chi connectivity index (χ1n) is 15.5. The van der Waals surface area contributed by atoms with Crippen LogP contribution in [0.1, 0.15) is 42.5 Å². The van der Waals surface area contributed by atoms with Crippen LogP contribution < -0.4 is 14.4 Å². The molecular weight excluding hydrogens is 634 g/mol. The Morgan fingerprint density at radius 3 is 2.19 bits per heavy atom. The molecular formula is C37H42ClN3O5S. The summed E-state index contributed by atoms with van der Waals surface area (Å²) in [4.78, 5) is 30.2. The molecule has 0 saturated heterocycles. The van der Waals surface area contributed by atoms with Gasteiger partial charge in [0.1, 0.15) is 18.3 Å². The van der Waals surface area contributed by atoms with Crippen LogP contribution in [0.15, 0.2) is 102 Å². The molecule has 0 heterocycles. The molecule has 10 heteroatoms. The molecule has 4 aromatic rings. The molecule has 0 aliphatic rings. The average molecular weight is 676 g/mol. The van der Waals surface area contributed by atoms with Crippen LogP contribution in [-0.4, -0.2) is 50.9 Å². The Bertz CT molecular complexity index is 1780. The van der Waals surface area contributed by atoms with Crippen molar-refractivity contribution in [1.82, 2.24) is 10.2 Å². The van der Waals surface area contributed by atoms with Gasteiger partial charge in [0.2, 0.25) is 11.8 Å². The number of nitrogens with zero attached hydrogens (tertiary/aromatic N) is 2. The number of anilines is 1. The first-order valence-corrected chi connectivity index (χ1v) is 17.4. The van der Waals surface area contributed by atoms with Gasteiger partial charge in [0.25, 0.3) is 10.0 Å². The van der Waals surface area contributed by atoms with E-state index in [4.69, 9.17) is 16.3 Å². The highest BCUT2D eigenvalue weighted by Crippen LogP contribution is 2.35. The van der Waals surface area contributed by atoms with Gasteiger partial charge in [0, 0.05) is 24.0 Å². The molecule has 8 nitrogen and oxygen atoms in total. The predicted molar refractivity (Wildman–Crippen MR) is 187 cm³/mol. The van der Waals surface area contributed by atoms with E-state index in [1.807, 2.05) is 82.3 Å². The van der Waals surface area contributed by atoms with Gasteiger partial charge in [-0.15, -0.1) is 0 Å². The van der Waals surface area contributed by atoms with Crippen LogP contribution in [-0.2, 0) is 32.6 Å². The lowest BCUT2D eigenvalue weighted by Crippen LogP contribution is -2.54. The average Bonchev–Trinajstić information content (AvgIpc) is 3.05. The fraction of sp³-hybridized carbons (Fsp3) is 0.297. The summed E-state index contributed by atoms with van der Waals surface area (Å²) in [7, 11) is -2.89. The number of amides is 2. The van der Waals surface area contributed by atoms with Crippen molar-refractivity contribution in [2.45, 2.75) is 64.1 Å². The zero-order valence-corrected chi connectivity index (χ0v) is 29.0. The first-order chi connectivity index (χ1) is 22.4. The van der Waals surface area contributed by atoms with E-state index >= 15 is 0 Å². The summed E-state index contributed by atoms with van der Waals surface area (Å²) in [6, 6.07) is 27.1. The first kappa shape index (κ1) is 35.5. The number of rotatable bonds is 14. The Morgan fingerprint density at radius 1 is 0.872 bits per heavy atom. The lowest BCUT2D eigenvalue weighted by molar-refractivity contribution is -0.140. The van der Waals surface area contributed by atoms with Crippen molar-refractivity contribution in [3.05, 3.63) is 124 Å². The normalized spacial score (nSPS) is 12.6. The Kier molecular flexibility index (Phi) is 12.1. The SMILES string of the molecule is CC[C@@H](C)NC(=O)[C@H](Cc1ccccc1)N(Cc1cccc(C)c1)C(=O)CN(c1cc(Cl)ccc1OC)S(=O)(=O)c1ccc(C)cc1. The van der Waals surface area contributed by atoms with Gasteiger partial charge in [0.15, 0.2) is 0 Å². The second kappa shape index (κ2) is 16.0. The van der Waals surface area contributed by atoms with Crippen LogP contribution in [0.5, 0.6) is 5.75 Å². The molecule has 2 amide bonds. The number of aryl methyl sites for hydroxylation is 2. The molecule has 0 fully saturated rings. The van der Waals surface area contributed by atoms with Crippen LogP contribution in [0, 0.1) is 13.8 Å². The molecule has 4 rings (SSSR count). The van der Waals surface area contributed by atoms with Crippen molar-refractivity contribution in [2.75, 3.05) is 18.0 Å². The topological polar surface area (TPSA) is 96.0 Å². The van der Waals surface area contributed by atoms with E-state index in [0.717, 1.165) is 26.6 Å². The monoisotopic (exact) mass is 675 g/mol. The summed E-state index contributed by atoms with van der Waals surface area (Å²) in [5.74, 6) is -0.666. The lowest BCUT2D eigenvalue weighted by Gasteiger charge is -2.34. The van der Waals surface area contributed by atoms with Crippen molar-refractivity contribution in [1.29, 1.82) is 0 Å². The van der Waals surface area contributed by atoms with Crippen LogP contribution in [0.25, 0.3) is 0 Å². The Hall–Kier alpha value is -4.34. The number of hydrogen-bond acceptors (Lipinski definition) is 5. The van der Waals surface area contributed by atoms with Crippen LogP contribution >= 0.6 is 11.6 Å². The smallest absolute Gasteiger partial charge is 0.264 e. The summed E-state index contributed by atoms with van der Waals surface area (Å²) >= 11 is 6.38. The minimum Gasteiger partial charge on any atom is -0.495 e. The van der Waals surface area contributed by atoms with Gasteiger partial charge in [-0.3, -0.25) is 13.9 Å². The van der Waals surface area contributed by atoms with E-state index in [-0.39, 0.29) is 46.3 Å². The van der Waals surface area contributed by atoms with E-state index in [1.54, 1.807) is 24.3 Å². The number of ether oxygens (including phenoxy) is 1. The van der Waals surface area contributed by atoms with E-state index in [1.165, 1.54) is 30.2 Å². The van der Waals surface area contributed by atoms with Crippen LogP contribution in [0.3, 0.4) is 0 Å². The molecule has 0 bridgehead atoms. The summed E-state index contributed by atoms with van der Waals surface area (Å²) in [5, 5.41) is 3.32. The van der Waals surface area contributed by atoms with Crippen molar-refractivity contribution < 1.29 is 22.7 Å². The largest absolute Gasteiger partial charge is 0.495 e. The van der Waals surface area contributed by atoms with Gasteiger partial charge in [0.05, 0.1) is 17.7 Å². The summed E-state index contributed by atoms with van der Waals surface area (Å²) < 4.78 is 35.2. The van der Waals surface area contributed by atoms with E-state index in [0.29, 0.717) is 6.42 Å². The van der Waals surface area contributed by atoms with Gasteiger partial charge >= 0.3 is 0 Å². The molecule has 47 heavy (non-hydrogen) atoms. The third-order valence-corrected chi connectivity index (χ3v) is 10.0. The van der Waals surface area contributed by atoms with E-state index in [2.05, 4.69) is 5.32 Å². The zero-order valence-electron chi connectivity index (χ0n) is 27.4. The maximum atomic E-state index is 14.7. The summed E-state index contributed by atoms with van der Waals surface area (Å²) in [5.41, 5.74) is 3.65. The molecule has 0 saturated carbocycles. The summed E-state index contributed by atoms with van der Waals surface area (Å²) in [6.45, 7) is 7.16. The molecule has 0 unspecified atom stereocenters. The van der Waals surface area contributed by atoms with Crippen molar-refractivity contribution in [3.63, 3.8) is 0 Å². The number of halogens is 1. The van der Waals surface area contributed by atoms with Gasteiger partial charge in [-0.25, -0.2) is 8.42 Å². The van der Waals surface area contributed by atoms with Crippen molar-refractivity contribution in [2.24, 2.45) is 0 Å². The highest BCUT2D eigenvalue weighted by Gasteiger charge is 2.36. The van der Waals surface area contributed by atoms with E-state index < -0.39 is 28.5 Å². The zero-order chi connectivity index (χ0) is 34.1. The minimum absolute atomic E-state index is 0.00138. The third-order valence-electron chi connectivity index (χ3n) is 8.00. The quantitative estimate of drug-likeness (QED) is 0.160. The Morgan fingerprint density at radius 2 is 1.55 bits per heavy atom. The second-order valence-corrected chi connectivity index (χ2v) is 14.0. The second-order valence-electron chi connectivity index (χ2n) is 11.7. The minimum atomic E-state index is -4.31. The molecule has 0 aromatic heterocycles. The molecule has 248 valence electrons. The number of sulfonamides is 1. The fourth-order valence-electron chi connectivity index (χ4n) is 5.21. The maximum Gasteiger partial charge on any atom is 0.264 e. The number of methoxy groups -OCH3 is 1. The number of benzene rings is 4. The number of carbonyl (C=O) groups excluding carboxylic acids is 2. The van der Waals surface area contributed by atoms with Gasteiger partial charge in [-0.05, 0) is 68.7 Å². The van der Waals surface area contributed by atoms with Crippen molar-refractivity contribution >= 4 is 39.1 Å². The maximum absolute atomic E-state index is 14.7. The molecule has 0 radical (unpaired) electrons. The van der Waals surface area contributed by atoms with Gasteiger partial charge < -0.3 is 15.0 Å². The highest BCUT2D eigenvalue weighted by molar-refractivity contribution is 7.92. The van der Waals surface area contributed by atoms with Gasteiger partial charge in [-0.2, -0.15) is 0 Å².